The Hall–Kier alpha value is -3.51. The highest BCUT2D eigenvalue weighted by Gasteiger charge is 2.86. The van der Waals surface area contributed by atoms with E-state index in [-0.39, 0.29) is 18.4 Å². The molecule has 2 saturated carbocycles. The Bertz CT molecular complexity index is 1390. The quantitative estimate of drug-likeness (QED) is 0.262. The maximum atomic E-state index is 13.8. The van der Waals surface area contributed by atoms with Crippen LogP contribution in [0, 0.1) is 23.2 Å². The van der Waals surface area contributed by atoms with Crippen molar-refractivity contribution < 1.29 is 57.5 Å². The molecule has 1 aliphatic heterocycles. The summed E-state index contributed by atoms with van der Waals surface area (Å²) in [6.07, 6.45) is -4.71. The zero-order valence-electron chi connectivity index (χ0n) is 29.4. The monoisotopic (exact) mass is 674 g/mol. The molecule has 0 radical (unpaired) electrons. The van der Waals surface area contributed by atoms with Gasteiger partial charge in [0, 0.05) is 26.2 Å². The number of carbonyl (C=O) groups excluding carboxylic acids is 5. The number of rotatable bonds is 11. The Kier molecular flexibility index (Phi) is 10.7. The molecule has 266 valence electrons. The van der Waals surface area contributed by atoms with Crippen molar-refractivity contribution >= 4 is 29.8 Å². The smallest absolute Gasteiger partial charge is 0.338 e. The first-order chi connectivity index (χ1) is 22.4. The van der Waals surface area contributed by atoms with Crippen molar-refractivity contribution in [3.63, 3.8) is 0 Å². The van der Waals surface area contributed by atoms with Crippen molar-refractivity contribution in [2.45, 2.75) is 129 Å². The molecule has 12 heteroatoms. The zero-order valence-corrected chi connectivity index (χ0v) is 29.4. The highest BCUT2D eigenvalue weighted by atomic mass is 16.6. The molecule has 1 spiro atoms. The van der Waals surface area contributed by atoms with Crippen LogP contribution in [-0.4, -0.2) is 82.8 Å². The number of hydrogen-bond donors (Lipinski definition) is 1. The average Bonchev–Trinajstić information content (AvgIpc) is 3.19. The summed E-state index contributed by atoms with van der Waals surface area (Å²) in [5.74, 6) is -5.16. The summed E-state index contributed by atoms with van der Waals surface area (Å²) < 4.78 is 37.4. The summed E-state index contributed by atoms with van der Waals surface area (Å²) in [7, 11) is 0. The van der Waals surface area contributed by atoms with Gasteiger partial charge in [-0.3, -0.25) is 19.2 Å². The molecule has 4 rings (SSSR count). The van der Waals surface area contributed by atoms with E-state index in [4.69, 9.17) is 28.4 Å². The van der Waals surface area contributed by atoms with Crippen LogP contribution in [0.15, 0.2) is 30.3 Å². The second kappa shape index (κ2) is 13.8. The first-order valence-corrected chi connectivity index (χ1v) is 16.8. The van der Waals surface area contributed by atoms with Gasteiger partial charge in [-0.15, -0.1) is 0 Å². The Balaban J connectivity index is 2.07. The molecule has 1 heterocycles. The number of ether oxygens (including phenoxy) is 6. The van der Waals surface area contributed by atoms with Crippen LogP contribution in [0.25, 0.3) is 0 Å². The lowest BCUT2D eigenvalue weighted by molar-refractivity contribution is -0.356. The number of aliphatic hydroxyl groups is 1. The molecular formula is C36H50O12. The van der Waals surface area contributed by atoms with Gasteiger partial charge in [0.1, 0.15) is 30.3 Å². The lowest BCUT2D eigenvalue weighted by Gasteiger charge is -2.65. The molecule has 1 aromatic rings. The van der Waals surface area contributed by atoms with Crippen molar-refractivity contribution in [1.29, 1.82) is 0 Å². The van der Waals surface area contributed by atoms with Gasteiger partial charge in [-0.05, 0) is 52.2 Å². The molecule has 3 fully saturated rings. The predicted octanol–water partition coefficient (Wildman–Crippen LogP) is 4.33. The summed E-state index contributed by atoms with van der Waals surface area (Å²) in [4.78, 5) is 66.4. The number of hydrogen-bond acceptors (Lipinski definition) is 12. The summed E-state index contributed by atoms with van der Waals surface area (Å²) >= 11 is 0. The van der Waals surface area contributed by atoms with E-state index in [1.54, 1.807) is 58.0 Å². The van der Waals surface area contributed by atoms with Crippen molar-refractivity contribution in [2.75, 3.05) is 6.61 Å². The number of fused-ring (bicyclic) bond motifs is 1. The van der Waals surface area contributed by atoms with Gasteiger partial charge in [0.2, 0.25) is 0 Å². The fourth-order valence-electron chi connectivity index (χ4n) is 7.83. The van der Waals surface area contributed by atoms with Gasteiger partial charge >= 0.3 is 29.8 Å². The minimum absolute atomic E-state index is 0.00791. The summed E-state index contributed by atoms with van der Waals surface area (Å²) in [6.45, 7) is 13.8. The lowest BCUT2D eigenvalue weighted by atomic mass is 9.46. The predicted molar refractivity (Wildman–Crippen MR) is 170 cm³/mol. The third-order valence-electron chi connectivity index (χ3n) is 10.7. The fourth-order valence-corrected chi connectivity index (χ4v) is 7.83. The van der Waals surface area contributed by atoms with Crippen molar-refractivity contribution in [3.8, 4) is 0 Å². The molecule has 2 bridgehead atoms. The SMILES string of the molecule is CC[C@@H](C)C(=O)O[C@H]1C[C@](C)(O)[C@]23OC(C)(C)[C@H](C[C@H](OC(=O)c4ccccc4)[C@]2(COC(C)=O)[C@H]1OC(=O)[C@@H](C)CC)[C@H]3OC(C)=O. The minimum Gasteiger partial charge on any atom is -0.465 e. The van der Waals surface area contributed by atoms with E-state index < -0.39 is 101 Å². The van der Waals surface area contributed by atoms with Crippen LogP contribution in [0.2, 0.25) is 0 Å². The van der Waals surface area contributed by atoms with Gasteiger partial charge in [0.15, 0.2) is 11.7 Å². The van der Waals surface area contributed by atoms with Gasteiger partial charge in [-0.1, -0.05) is 45.9 Å². The molecule has 1 N–H and O–H groups in total. The second-order valence-electron chi connectivity index (χ2n) is 14.3. The van der Waals surface area contributed by atoms with Gasteiger partial charge in [0.05, 0.1) is 28.6 Å². The topological polar surface area (TPSA) is 161 Å². The van der Waals surface area contributed by atoms with Crippen LogP contribution in [0.4, 0.5) is 0 Å². The number of esters is 5. The summed E-state index contributed by atoms with van der Waals surface area (Å²) in [5, 5.41) is 12.7. The van der Waals surface area contributed by atoms with Crippen molar-refractivity contribution in [3.05, 3.63) is 35.9 Å². The van der Waals surface area contributed by atoms with Gasteiger partial charge in [-0.25, -0.2) is 4.79 Å². The van der Waals surface area contributed by atoms with Crippen LogP contribution in [0.3, 0.4) is 0 Å². The third-order valence-corrected chi connectivity index (χ3v) is 10.7. The Morgan fingerprint density at radius 1 is 0.854 bits per heavy atom. The molecule has 0 unspecified atom stereocenters. The van der Waals surface area contributed by atoms with Crippen LogP contribution >= 0.6 is 0 Å². The highest BCUT2D eigenvalue weighted by molar-refractivity contribution is 5.89. The molecule has 2 aliphatic carbocycles. The third kappa shape index (κ3) is 6.33. The Labute approximate surface area is 282 Å². The van der Waals surface area contributed by atoms with Gasteiger partial charge < -0.3 is 33.5 Å². The van der Waals surface area contributed by atoms with E-state index in [1.807, 2.05) is 13.8 Å². The highest BCUT2D eigenvalue weighted by Crippen LogP contribution is 2.69. The maximum Gasteiger partial charge on any atom is 0.338 e. The first kappa shape index (κ1) is 37.3. The van der Waals surface area contributed by atoms with Gasteiger partial charge in [-0.2, -0.15) is 0 Å². The van der Waals surface area contributed by atoms with E-state index in [1.165, 1.54) is 20.8 Å². The van der Waals surface area contributed by atoms with E-state index >= 15 is 0 Å². The standard InChI is InChI=1S/C36H50O12/c1-10-20(3)30(39)45-26-18-34(9,42)36-28(44-23(6)38)25(33(7,8)48-36)17-27(46-32(41)24-15-13-12-14-16-24)35(36,19-43-22(5)37)29(26)47-31(40)21(4)11-2/h12-16,20-21,25-29,42H,10-11,17-19H2,1-9H3/t20-,21+,25-,26+,27+,28-,29+,34+,35-,36+/m1/s1. The van der Waals surface area contributed by atoms with Crippen molar-refractivity contribution in [2.24, 2.45) is 23.2 Å². The number of carbonyl (C=O) groups is 5. The number of benzene rings is 1. The van der Waals surface area contributed by atoms with Crippen LogP contribution < -0.4 is 0 Å². The zero-order chi connectivity index (χ0) is 35.8. The minimum atomic E-state index is -2.01. The molecule has 3 aliphatic rings. The second-order valence-corrected chi connectivity index (χ2v) is 14.3. The van der Waals surface area contributed by atoms with Crippen LogP contribution in [-0.2, 0) is 47.6 Å². The average molecular weight is 675 g/mol. The van der Waals surface area contributed by atoms with Gasteiger partial charge in [0.25, 0.3) is 0 Å². The summed E-state index contributed by atoms with van der Waals surface area (Å²) in [5.41, 5.74) is -6.85. The molecule has 48 heavy (non-hydrogen) atoms. The molecule has 0 amide bonds. The van der Waals surface area contributed by atoms with Crippen molar-refractivity contribution in [1.82, 2.24) is 0 Å². The first-order valence-electron chi connectivity index (χ1n) is 16.8. The fraction of sp³-hybridized carbons (Fsp3) is 0.694. The van der Waals surface area contributed by atoms with E-state index in [0.717, 1.165) is 0 Å². The molecule has 1 aromatic carbocycles. The molecular weight excluding hydrogens is 624 g/mol. The van der Waals surface area contributed by atoms with E-state index in [2.05, 4.69) is 0 Å². The van der Waals surface area contributed by atoms with Crippen LogP contribution in [0.1, 0.15) is 98.4 Å². The largest absolute Gasteiger partial charge is 0.465 e. The lowest BCUT2D eigenvalue weighted by Crippen LogP contribution is -2.83. The molecule has 12 nitrogen and oxygen atoms in total. The Morgan fingerprint density at radius 3 is 1.98 bits per heavy atom. The van der Waals surface area contributed by atoms with E-state index in [0.29, 0.717) is 12.8 Å². The Morgan fingerprint density at radius 2 is 1.44 bits per heavy atom. The normalized spacial score (nSPS) is 34.5. The van der Waals surface area contributed by atoms with E-state index in [9.17, 15) is 29.1 Å². The summed E-state index contributed by atoms with van der Waals surface area (Å²) in [6, 6.07) is 8.24. The molecule has 1 saturated heterocycles. The maximum absolute atomic E-state index is 13.8. The van der Waals surface area contributed by atoms with Crippen LogP contribution in [0.5, 0.6) is 0 Å². The molecule has 0 aromatic heterocycles. The molecule has 10 atom stereocenters.